The van der Waals surface area contributed by atoms with Gasteiger partial charge in [-0.3, -0.25) is 14.0 Å². The number of carboxylic acids is 1. The first-order chi connectivity index (χ1) is 10.5. The number of fused-ring (bicyclic) bond motifs is 3. The standard InChI is InChI=1S/C13H13N3O5S.Na/c17-8(18)5-14-10(19)9-11(20)15-13-16(12(9)21)6-3-1-2-4-7(6)22-13;/h20H,1-5H2,(H,14,19)(H,17,18);/q;+1/p-1. The largest absolute Gasteiger partial charge is 1.00 e. The minimum absolute atomic E-state index is 0. The van der Waals surface area contributed by atoms with Gasteiger partial charge in [-0.25, -0.2) is 0 Å². The van der Waals surface area contributed by atoms with E-state index in [4.69, 9.17) is 0 Å². The minimum Gasteiger partial charge on any atom is -0.548 e. The normalized spacial score (nSPS) is 13.2. The van der Waals surface area contributed by atoms with Gasteiger partial charge in [0.1, 0.15) is 0 Å². The van der Waals surface area contributed by atoms with Crippen LogP contribution in [0.1, 0.15) is 33.8 Å². The van der Waals surface area contributed by atoms with Gasteiger partial charge in [0.25, 0.3) is 11.5 Å². The number of aliphatic carboxylic acids is 1. The zero-order valence-corrected chi connectivity index (χ0v) is 15.2. The summed E-state index contributed by atoms with van der Waals surface area (Å²) in [7, 11) is 0. The van der Waals surface area contributed by atoms with Gasteiger partial charge < -0.3 is 20.3 Å². The molecular formula is C13H12N3NaO5S. The van der Waals surface area contributed by atoms with Crippen molar-refractivity contribution in [3.8, 4) is 5.88 Å². The summed E-state index contributed by atoms with van der Waals surface area (Å²) < 4.78 is 1.34. The van der Waals surface area contributed by atoms with Gasteiger partial charge in [0.05, 0.1) is 12.5 Å². The molecule has 23 heavy (non-hydrogen) atoms. The molecule has 0 aromatic carbocycles. The molecule has 0 radical (unpaired) electrons. The Kier molecular flexibility index (Phi) is 5.45. The first-order valence-corrected chi connectivity index (χ1v) is 7.55. The molecule has 1 amide bonds. The van der Waals surface area contributed by atoms with Crippen molar-refractivity contribution in [1.29, 1.82) is 0 Å². The Morgan fingerprint density at radius 2 is 2.04 bits per heavy atom. The fourth-order valence-electron chi connectivity index (χ4n) is 2.56. The molecule has 0 unspecified atom stereocenters. The third kappa shape index (κ3) is 3.27. The maximum absolute atomic E-state index is 12.5. The molecule has 1 aliphatic rings. The number of rotatable bonds is 3. The van der Waals surface area contributed by atoms with Crippen LogP contribution in [0.2, 0.25) is 0 Å². The molecule has 0 aliphatic heterocycles. The third-order valence-electron chi connectivity index (χ3n) is 3.53. The second-order valence-corrected chi connectivity index (χ2v) is 6.03. The van der Waals surface area contributed by atoms with E-state index in [1.165, 1.54) is 15.7 Å². The Morgan fingerprint density at radius 1 is 1.35 bits per heavy atom. The van der Waals surface area contributed by atoms with Crippen LogP contribution in [-0.2, 0) is 17.6 Å². The van der Waals surface area contributed by atoms with Crippen LogP contribution in [0.3, 0.4) is 0 Å². The average molecular weight is 345 g/mol. The van der Waals surface area contributed by atoms with Gasteiger partial charge in [0, 0.05) is 10.6 Å². The Bertz CT molecular complexity index is 844. The van der Waals surface area contributed by atoms with Crippen molar-refractivity contribution in [2.75, 3.05) is 6.54 Å². The van der Waals surface area contributed by atoms with Crippen LogP contribution in [-0.4, -0.2) is 32.9 Å². The predicted octanol–water partition coefficient (Wildman–Crippen LogP) is -4.18. The second-order valence-electron chi connectivity index (χ2n) is 4.97. The summed E-state index contributed by atoms with van der Waals surface area (Å²) in [6.45, 7) is -0.748. The van der Waals surface area contributed by atoms with E-state index >= 15 is 0 Å². The molecule has 0 saturated heterocycles. The quantitative estimate of drug-likeness (QED) is 0.544. The molecule has 0 spiro atoms. The van der Waals surface area contributed by atoms with Gasteiger partial charge in [-0.2, -0.15) is 4.98 Å². The van der Waals surface area contributed by atoms with Crippen LogP contribution in [0, 0.1) is 0 Å². The van der Waals surface area contributed by atoms with Crippen LogP contribution >= 0.6 is 11.3 Å². The average Bonchev–Trinajstić information content (AvgIpc) is 2.83. The molecule has 8 nitrogen and oxygen atoms in total. The summed E-state index contributed by atoms with van der Waals surface area (Å²) in [5.41, 5.74) is -0.416. The topological polar surface area (TPSA) is 124 Å². The molecule has 116 valence electrons. The van der Waals surface area contributed by atoms with Crippen LogP contribution in [0.25, 0.3) is 4.96 Å². The Balaban J connectivity index is 0.00000192. The van der Waals surface area contributed by atoms with E-state index in [9.17, 15) is 24.6 Å². The van der Waals surface area contributed by atoms with Crippen molar-refractivity contribution in [2.45, 2.75) is 25.7 Å². The van der Waals surface area contributed by atoms with E-state index in [1.54, 1.807) is 0 Å². The van der Waals surface area contributed by atoms with E-state index in [0.29, 0.717) is 11.4 Å². The van der Waals surface area contributed by atoms with Gasteiger partial charge in [0.15, 0.2) is 10.5 Å². The van der Waals surface area contributed by atoms with Crippen molar-refractivity contribution in [1.82, 2.24) is 14.7 Å². The number of hydrogen-bond donors (Lipinski definition) is 2. The molecule has 0 fully saturated rings. The molecule has 3 rings (SSSR count). The number of carboxylic acid groups (broad SMARTS) is 1. The number of aryl methyl sites for hydroxylation is 2. The van der Waals surface area contributed by atoms with Crippen molar-refractivity contribution < 1.29 is 49.4 Å². The van der Waals surface area contributed by atoms with E-state index in [1.807, 2.05) is 5.32 Å². The number of thiazole rings is 1. The van der Waals surface area contributed by atoms with Gasteiger partial charge in [-0.1, -0.05) is 0 Å². The molecule has 0 atom stereocenters. The monoisotopic (exact) mass is 345 g/mol. The second kappa shape index (κ2) is 7.00. The maximum atomic E-state index is 12.5. The molecular weight excluding hydrogens is 333 g/mol. The zero-order valence-electron chi connectivity index (χ0n) is 12.4. The Labute approximate surface area is 156 Å². The zero-order chi connectivity index (χ0) is 15.9. The van der Waals surface area contributed by atoms with Crippen molar-refractivity contribution in [2.24, 2.45) is 0 Å². The smallest absolute Gasteiger partial charge is 0.548 e. The fourth-order valence-corrected chi connectivity index (χ4v) is 3.75. The van der Waals surface area contributed by atoms with Crippen molar-refractivity contribution in [3.63, 3.8) is 0 Å². The summed E-state index contributed by atoms with van der Waals surface area (Å²) in [4.78, 5) is 40.1. The summed E-state index contributed by atoms with van der Waals surface area (Å²) >= 11 is 1.32. The van der Waals surface area contributed by atoms with E-state index in [0.717, 1.165) is 29.8 Å². The van der Waals surface area contributed by atoms with Crippen LogP contribution in [0.15, 0.2) is 4.79 Å². The van der Waals surface area contributed by atoms with E-state index in [2.05, 4.69) is 4.98 Å². The number of carbonyl (C=O) groups excluding carboxylic acids is 2. The number of nitrogens with one attached hydrogen (secondary N) is 1. The molecule has 0 bridgehead atoms. The fraction of sp³-hybridized carbons (Fsp3) is 0.385. The molecule has 0 saturated carbocycles. The number of amides is 1. The number of aromatic hydroxyl groups is 1. The Hall–Kier alpha value is -1.42. The minimum atomic E-state index is -1.49. The van der Waals surface area contributed by atoms with Crippen molar-refractivity contribution in [3.05, 3.63) is 26.5 Å². The summed E-state index contributed by atoms with van der Waals surface area (Å²) in [5, 5.41) is 22.2. The maximum Gasteiger partial charge on any atom is 1.00 e. The number of hydrogen-bond acceptors (Lipinski definition) is 7. The summed E-state index contributed by atoms with van der Waals surface area (Å²) in [6.07, 6.45) is 3.52. The van der Waals surface area contributed by atoms with Crippen molar-refractivity contribution >= 4 is 28.2 Å². The van der Waals surface area contributed by atoms with Crippen LogP contribution in [0.5, 0.6) is 5.88 Å². The molecule has 1 aliphatic carbocycles. The van der Waals surface area contributed by atoms with Gasteiger partial charge >= 0.3 is 29.6 Å². The number of aromatic nitrogens is 2. The third-order valence-corrected chi connectivity index (χ3v) is 4.67. The van der Waals surface area contributed by atoms with Gasteiger partial charge in [0.2, 0.25) is 5.88 Å². The summed E-state index contributed by atoms with van der Waals surface area (Å²) in [6, 6.07) is 0. The Morgan fingerprint density at radius 3 is 2.74 bits per heavy atom. The van der Waals surface area contributed by atoms with Gasteiger partial charge in [-0.05, 0) is 25.7 Å². The molecule has 2 heterocycles. The number of carbonyl (C=O) groups is 2. The SMILES string of the molecule is O=C([O-])CNC(=O)c1c(O)nc2sc3c(n2c1=O)CCCC3.[Na+]. The van der Waals surface area contributed by atoms with E-state index in [-0.39, 0.29) is 29.6 Å². The molecule has 2 aromatic rings. The van der Waals surface area contributed by atoms with E-state index < -0.39 is 35.4 Å². The molecule has 2 N–H and O–H groups in total. The van der Waals surface area contributed by atoms with Crippen LogP contribution in [0.4, 0.5) is 0 Å². The first-order valence-electron chi connectivity index (χ1n) is 6.73. The predicted molar refractivity (Wildman–Crippen MR) is 75.0 cm³/mol. The summed E-state index contributed by atoms with van der Waals surface area (Å²) in [5.74, 6) is -3.17. The molecule has 2 aromatic heterocycles. The first kappa shape index (κ1) is 17.9. The molecule has 10 heteroatoms. The number of nitrogens with zero attached hydrogens (tertiary/aromatic N) is 2. The van der Waals surface area contributed by atoms with Gasteiger partial charge in [-0.15, -0.1) is 11.3 Å². The van der Waals surface area contributed by atoms with Crippen LogP contribution < -0.4 is 45.5 Å².